The van der Waals surface area contributed by atoms with Crippen LogP contribution >= 0.6 is 11.6 Å². The van der Waals surface area contributed by atoms with Crippen molar-refractivity contribution in [2.75, 3.05) is 18.2 Å². The Balaban J connectivity index is 2.81. The maximum Gasteiger partial charge on any atom is 0.0954 e. The summed E-state index contributed by atoms with van der Waals surface area (Å²) in [5.41, 5.74) is 2.91. The second-order valence-corrected chi connectivity index (χ2v) is 4.64. The van der Waals surface area contributed by atoms with Crippen molar-refractivity contribution in [1.82, 2.24) is 0 Å². The minimum atomic E-state index is 0.486. The van der Waals surface area contributed by atoms with Gasteiger partial charge in [0.05, 0.1) is 18.8 Å². The molecule has 0 saturated carbocycles. The van der Waals surface area contributed by atoms with E-state index in [9.17, 15) is 0 Å². The lowest BCUT2D eigenvalue weighted by molar-refractivity contribution is 0.133. The van der Waals surface area contributed by atoms with E-state index in [1.54, 1.807) is 5.06 Å². The molecule has 0 aromatic heterocycles. The maximum atomic E-state index is 5.97. The number of rotatable bonds is 6. The second-order valence-electron chi connectivity index (χ2n) is 4.20. The molecule has 2 nitrogen and oxygen atoms in total. The quantitative estimate of drug-likeness (QED) is 0.554. The first kappa shape index (κ1) is 13.8. The van der Waals surface area contributed by atoms with E-state index in [1.165, 1.54) is 0 Å². The smallest absolute Gasteiger partial charge is 0.0954 e. The number of halogens is 1. The maximum absolute atomic E-state index is 5.97. The average Bonchev–Trinajstić information content (AvgIpc) is 2.23. The molecule has 0 unspecified atom stereocenters. The monoisotopic (exact) mass is 251 g/mol. The van der Waals surface area contributed by atoms with Crippen molar-refractivity contribution in [1.29, 1.82) is 0 Å². The average molecular weight is 252 g/mol. The zero-order valence-corrected chi connectivity index (χ0v) is 11.1. The Morgan fingerprint density at radius 1 is 1.29 bits per heavy atom. The van der Waals surface area contributed by atoms with E-state index in [2.05, 4.69) is 13.2 Å². The van der Waals surface area contributed by atoms with E-state index >= 15 is 0 Å². The Morgan fingerprint density at radius 3 is 2.53 bits per heavy atom. The Kier molecular flexibility index (Phi) is 5.26. The standard InChI is InChI=1S/C14H18ClNO/c1-11(2)9-16(17-10-12(3)4)14-7-5-6-13(15)8-14/h5-8H,1,3,9-10H2,2,4H3. The fraction of sp³-hybridized carbons (Fsp3) is 0.286. The lowest BCUT2D eigenvalue weighted by Crippen LogP contribution is -2.26. The molecule has 0 saturated heterocycles. The van der Waals surface area contributed by atoms with Crippen LogP contribution in [0.25, 0.3) is 0 Å². The van der Waals surface area contributed by atoms with Crippen LogP contribution in [0.15, 0.2) is 48.6 Å². The third kappa shape index (κ3) is 5.07. The zero-order chi connectivity index (χ0) is 12.8. The van der Waals surface area contributed by atoms with Gasteiger partial charge in [0.25, 0.3) is 0 Å². The predicted molar refractivity (Wildman–Crippen MR) is 74.4 cm³/mol. The van der Waals surface area contributed by atoms with Crippen LogP contribution in [0, 0.1) is 0 Å². The van der Waals surface area contributed by atoms with Crippen LogP contribution in [-0.2, 0) is 4.84 Å². The molecule has 1 aromatic carbocycles. The Bertz CT molecular complexity index is 414. The molecular weight excluding hydrogens is 234 g/mol. The van der Waals surface area contributed by atoms with Gasteiger partial charge in [0.2, 0.25) is 0 Å². The van der Waals surface area contributed by atoms with E-state index in [-0.39, 0.29) is 0 Å². The highest BCUT2D eigenvalue weighted by atomic mass is 35.5. The van der Waals surface area contributed by atoms with Crippen molar-refractivity contribution in [3.8, 4) is 0 Å². The summed E-state index contributed by atoms with van der Waals surface area (Å²) in [6.45, 7) is 12.7. The molecule has 0 aliphatic carbocycles. The first-order valence-corrected chi connectivity index (χ1v) is 5.81. The van der Waals surface area contributed by atoms with Gasteiger partial charge in [-0.3, -0.25) is 4.84 Å². The zero-order valence-electron chi connectivity index (χ0n) is 10.4. The van der Waals surface area contributed by atoms with E-state index in [1.807, 2.05) is 38.1 Å². The van der Waals surface area contributed by atoms with Crippen molar-refractivity contribution in [3.05, 3.63) is 53.6 Å². The number of benzene rings is 1. The van der Waals surface area contributed by atoms with Crippen LogP contribution in [-0.4, -0.2) is 13.2 Å². The molecule has 3 heteroatoms. The molecule has 92 valence electrons. The van der Waals surface area contributed by atoms with Crippen LogP contribution in [0.1, 0.15) is 13.8 Å². The first-order valence-electron chi connectivity index (χ1n) is 5.44. The van der Waals surface area contributed by atoms with Crippen LogP contribution in [0.3, 0.4) is 0 Å². The molecule has 0 aliphatic heterocycles. The molecule has 0 N–H and O–H groups in total. The molecule has 0 amide bonds. The van der Waals surface area contributed by atoms with Gasteiger partial charge in [0.15, 0.2) is 0 Å². The van der Waals surface area contributed by atoms with E-state index < -0.39 is 0 Å². The molecule has 0 radical (unpaired) electrons. The van der Waals surface area contributed by atoms with Crippen LogP contribution in [0.2, 0.25) is 5.02 Å². The van der Waals surface area contributed by atoms with Crippen LogP contribution in [0.4, 0.5) is 5.69 Å². The summed E-state index contributed by atoms with van der Waals surface area (Å²) in [4.78, 5) is 5.67. The topological polar surface area (TPSA) is 12.5 Å². The minimum Gasteiger partial charge on any atom is -0.269 e. The van der Waals surface area contributed by atoms with E-state index in [0.29, 0.717) is 18.2 Å². The highest BCUT2D eigenvalue weighted by Gasteiger charge is 2.07. The van der Waals surface area contributed by atoms with Gasteiger partial charge in [-0.1, -0.05) is 42.0 Å². The van der Waals surface area contributed by atoms with Crippen molar-refractivity contribution < 1.29 is 4.84 Å². The largest absolute Gasteiger partial charge is 0.269 e. The Morgan fingerprint density at radius 2 is 2.00 bits per heavy atom. The highest BCUT2D eigenvalue weighted by Crippen LogP contribution is 2.20. The third-order valence-electron chi connectivity index (χ3n) is 1.98. The lowest BCUT2D eigenvalue weighted by atomic mass is 10.3. The molecule has 1 rings (SSSR count). The molecular formula is C14H18ClNO. The summed E-state index contributed by atoms with van der Waals surface area (Å²) in [6, 6.07) is 7.55. The summed E-state index contributed by atoms with van der Waals surface area (Å²) < 4.78 is 0. The van der Waals surface area contributed by atoms with Gasteiger partial charge in [-0.05, 0) is 32.0 Å². The van der Waals surface area contributed by atoms with Gasteiger partial charge in [0.1, 0.15) is 0 Å². The van der Waals surface area contributed by atoms with Gasteiger partial charge in [0, 0.05) is 5.02 Å². The lowest BCUT2D eigenvalue weighted by Gasteiger charge is -2.24. The van der Waals surface area contributed by atoms with Crippen LogP contribution in [0.5, 0.6) is 0 Å². The van der Waals surface area contributed by atoms with Gasteiger partial charge >= 0.3 is 0 Å². The predicted octanol–water partition coefficient (Wildman–Crippen LogP) is 4.23. The number of hydrogen-bond acceptors (Lipinski definition) is 2. The number of hydroxylamine groups is 1. The number of nitrogens with zero attached hydrogens (tertiary/aromatic N) is 1. The van der Waals surface area contributed by atoms with E-state index in [0.717, 1.165) is 16.8 Å². The van der Waals surface area contributed by atoms with Gasteiger partial charge in [-0.25, -0.2) is 5.06 Å². The van der Waals surface area contributed by atoms with Gasteiger partial charge < -0.3 is 0 Å². The summed E-state index contributed by atoms with van der Waals surface area (Å²) in [5.74, 6) is 0. The SMILES string of the molecule is C=C(C)CON(CC(=C)C)c1cccc(Cl)c1. The fourth-order valence-corrected chi connectivity index (χ4v) is 1.46. The van der Waals surface area contributed by atoms with Crippen molar-refractivity contribution in [2.24, 2.45) is 0 Å². The summed E-state index contributed by atoms with van der Waals surface area (Å²) in [6.07, 6.45) is 0. The third-order valence-corrected chi connectivity index (χ3v) is 2.21. The van der Waals surface area contributed by atoms with Crippen molar-refractivity contribution in [3.63, 3.8) is 0 Å². The number of hydrogen-bond donors (Lipinski definition) is 0. The Labute approximate surface area is 108 Å². The normalized spacial score (nSPS) is 10.1. The van der Waals surface area contributed by atoms with Crippen LogP contribution < -0.4 is 5.06 Å². The molecule has 0 spiro atoms. The van der Waals surface area contributed by atoms with E-state index in [4.69, 9.17) is 16.4 Å². The Hall–Kier alpha value is -1.25. The first-order chi connectivity index (χ1) is 7.99. The molecule has 1 aromatic rings. The minimum absolute atomic E-state index is 0.486. The van der Waals surface area contributed by atoms with Gasteiger partial charge in [-0.2, -0.15) is 0 Å². The van der Waals surface area contributed by atoms with Crippen molar-refractivity contribution >= 4 is 17.3 Å². The second kappa shape index (κ2) is 6.48. The molecule has 0 aliphatic rings. The molecule has 0 bridgehead atoms. The summed E-state index contributed by atoms with van der Waals surface area (Å²) >= 11 is 5.97. The van der Waals surface area contributed by atoms with Crippen molar-refractivity contribution in [2.45, 2.75) is 13.8 Å². The summed E-state index contributed by atoms with van der Waals surface area (Å²) in [5, 5.41) is 2.47. The molecule has 0 heterocycles. The molecule has 17 heavy (non-hydrogen) atoms. The molecule has 0 atom stereocenters. The highest BCUT2D eigenvalue weighted by molar-refractivity contribution is 6.30. The number of anilines is 1. The fourth-order valence-electron chi connectivity index (χ4n) is 1.28. The summed E-state index contributed by atoms with van der Waals surface area (Å²) in [7, 11) is 0. The molecule has 0 fully saturated rings. The van der Waals surface area contributed by atoms with Gasteiger partial charge in [-0.15, -0.1) is 0 Å².